The molecule has 1 aromatic heterocycles. The zero-order chi connectivity index (χ0) is 16.9. The van der Waals surface area contributed by atoms with Gasteiger partial charge in [-0.25, -0.2) is 0 Å². The van der Waals surface area contributed by atoms with Crippen molar-refractivity contribution in [2.45, 2.75) is 70.4 Å². The van der Waals surface area contributed by atoms with Crippen LogP contribution in [0.15, 0.2) is 18.5 Å². The molecule has 1 saturated heterocycles. The van der Waals surface area contributed by atoms with Crippen molar-refractivity contribution in [2.24, 2.45) is 0 Å². The van der Waals surface area contributed by atoms with Crippen LogP contribution in [0.2, 0.25) is 0 Å². The number of hydrogen-bond donors (Lipinski definition) is 1. The average molecular weight is 329 g/mol. The molecule has 5 heteroatoms. The molecule has 130 valence electrons. The maximum absolute atomic E-state index is 12.8. The van der Waals surface area contributed by atoms with Gasteiger partial charge in [0.05, 0.1) is 11.1 Å². The SMILES string of the molecule is CCC1CCCCN1C(=O)c1cncc(C(=O)NC2CCCC2)c1. The summed E-state index contributed by atoms with van der Waals surface area (Å²) in [6, 6.07) is 2.27. The van der Waals surface area contributed by atoms with Crippen LogP contribution in [0.3, 0.4) is 0 Å². The smallest absolute Gasteiger partial charge is 0.255 e. The summed E-state index contributed by atoms with van der Waals surface area (Å²) < 4.78 is 0. The average Bonchev–Trinajstić information content (AvgIpc) is 3.14. The lowest BCUT2D eigenvalue weighted by Crippen LogP contribution is -2.43. The van der Waals surface area contributed by atoms with Crippen LogP contribution in [0, 0.1) is 0 Å². The van der Waals surface area contributed by atoms with E-state index in [4.69, 9.17) is 0 Å². The lowest BCUT2D eigenvalue weighted by atomic mass is 9.99. The van der Waals surface area contributed by atoms with Crippen LogP contribution in [0.1, 0.15) is 79.0 Å². The number of likely N-dealkylation sites (tertiary alicyclic amines) is 1. The van der Waals surface area contributed by atoms with Crippen molar-refractivity contribution < 1.29 is 9.59 Å². The summed E-state index contributed by atoms with van der Waals surface area (Å²) in [4.78, 5) is 31.3. The topological polar surface area (TPSA) is 62.3 Å². The number of pyridine rings is 1. The number of amides is 2. The minimum Gasteiger partial charge on any atom is -0.349 e. The minimum atomic E-state index is -0.116. The van der Waals surface area contributed by atoms with Gasteiger partial charge in [0.15, 0.2) is 0 Å². The first-order valence-corrected chi connectivity index (χ1v) is 9.26. The summed E-state index contributed by atoms with van der Waals surface area (Å²) in [6.07, 6.45) is 11.8. The fraction of sp³-hybridized carbons (Fsp3) is 0.632. The monoisotopic (exact) mass is 329 g/mol. The molecule has 1 unspecified atom stereocenters. The highest BCUT2D eigenvalue weighted by Gasteiger charge is 2.27. The van der Waals surface area contributed by atoms with Gasteiger partial charge in [0.2, 0.25) is 0 Å². The molecule has 2 fully saturated rings. The normalized spacial score (nSPS) is 21.7. The van der Waals surface area contributed by atoms with Gasteiger partial charge in [-0.05, 0) is 44.6 Å². The van der Waals surface area contributed by atoms with Crippen LogP contribution in [-0.4, -0.2) is 40.3 Å². The minimum absolute atomic E-state index is 0.00423. The van der Waals surface area contributed by atoms with E-state index < -0.39 is 0 Å². The van der Waals surface area contributed by atoms with Gasteiger partial charge < -0.3 is 10.2 Å². The molecule has 1 aliphatic carbocycles. The molecular weight excluding hydrogens is 302 g/mol. The number of nitrogens with one attached hydrogen (secondary N) is 1. The van der Waals surface area contributed by atoms with Gasteiger partial charge in [0, 0.05) is 31.0 Å². The predicted octanol–water partition coefficient (Wildman–Crippen LogP) is 3.16. The van der Waals surface area contributed by atoms with Gasteiger partial charge in [-0.1, -0.05) is 19.8 Å². The van der Waals surface area contributed by atoms with Gasteiger partial charge in [-0.3, -0.25) is 14.6 Å². The Morgan fingerprint density at radius 3 is 2.58 bits per heavy atom. The summed E-state index contributed by atoms with van der Waals surface area (Å²) in [7, 11) is 0. The van der Waals surface area contributed by atoms with Crippen molar-refractivity contribution in [1.82, 2.24) is 15.2 Å². The lowest BCUT2D eigenvalue weighted by Gasteiger charge is -2.35. The zero-order valence-corrected chi connectivity index (χ0v) is 14.5. The molecule has 2 heterocycles. The van der Waals surface area contributed by atoms with Crippen molar-refractivity contribution in [1.29, 1.82) is 0 Å². The quantitative estimate of drug-likeness (QED) is 0.923. The Balaban J connectivity index is 1.71. The molecule has 1 atom stereocenters. The molecule has 0 bridgehead atoms. The van der Waals surface area contributed by atoms with Crippen LogP contribution in [0.4, 0.5) is 0 Å². The van der Waals surface area contributed by atoms with E-state index >= 15 is 0 Å². The first-order chi connectivity index (χ1) is 11.7. The summed E-state index contributed by atoms with van der Waals surface area (Å²) in [5.74, 6) is -0.112. The molecule has 0 radical (unpaired) electrons. The number of carbonyl (C=O) groups is 2. The number of carbonyl (C=O) groups excluding carboxylic acids is 2. The fourth-order valence-corrected chi connectivity index (χ4v) is 3.88. The van der Waals surface area contributed by atoms with Crippen LogP contribution < -0.4 is 5.32 Å². The molecule has 0 spiro atoms. The molecule has 1 N–H and O–H groups in total. The summed E-state index contributed by atoms with van der Waals surface area (Å²) >= 11 is 0. The molecule has 1 saturated carbocycles. The second-order valence-electron chi connectivity index (χ2n) is 6.97. The van der Waals surface area contributed by atoms with Crippen molar-refractivity contribution in [3.63, 3.8) is 0 Å². The standard InChI is InChI=1S/C19H27N3O2/c1-2-17-9-5-6-10-22(17)19(24)15-11-14(12-20-13-15)18(23)21-16-7-3-4-8-16/h11-13,16-17H,2-10H2,1H3,(H,21,23). The lowest BCUT2D eigenvalue weighted by molar-refractivity contribution is 0.0607. The van der Waals surface area contributed by atoms with Gasteiger partial charge in [-0.15, -0.1) is 0 Å². The molecule has 5 nitrogen and oxygen atoms in total. The Bertz CT molecular complexity index is 596. The maximum atomic E-state index is 12.8. The highest BCUT2D eigenvalue weighted by atomic mass is 16.2. The molecule has 0 aromatic carbocycles. The first-order valence-electron chi connectivity index (χ1n) is 9.26. The number of nitrogens with zero attached hydrogens (tertiary/aromatic N) is 2. The maximum Gasteiger partial charge on any atom is 0.255 e. The second kappa shape index (κ2) is 7.77. The third-order valence-corrected chi connectivity index (χ3v) is 5.30. The van der Waals surface area contributed by atoms with E-state index in [0.29, 0.717) is 17.2 Å². The van der Waals surface area contributed by atoms with Crippen LogP contribution >= 0.6 is 0 Å². The first kappa shape index (κ1) is 16.9. The van der Waals surface area contributed by atoms with E-state index in [0.717, 1.165) is 38.6 Å². The summed E-state index contributed by atoms with van der Waals surface area (Å²) in [6.45, 7) is 2.93. The van der Waals surface area contributed by atoms with Crippen LogP contribution in [0.5, 0.6) is 0 Å². The third kappa shape index (κ3) is 3.77. The highest BCUT2D eigenvalue weighted by Crippen LogP contribution is 2.22. The molecule has 1 aliphatic heterocycles. The number of hydrogen-bond acceptors (Lipinski definition) is 3. The molecule has 1 aromatic rings. The second-order valence-corrected chi connectivity index (χ2v) is 6.97. The highest BCUT2D eigenvalue weighted by molar-refractivity contribution is 5.99. The Kier molecular flexibility index (Phi) is 5.48. The third-order valence-electron chi connectivity index (χ3n) is 5.30. The van der Waals surface area contributed by atoms with E-state index in [1.54, 1.807) is 18.5 Å². The van der Waals surface area contributed by atoms with E-state index in [2.05, 4.69) is 17.2 Å². The van der Waals surface area contributed by atoms with Crippen molar-refractivity contribution in [3.8, 4) is 0 Å². The predicted molar refractivity (Wildman–Crippen MR) is 92.9 cm³/mol. The van der Waals surface area contributed by atoms with Crippen molar-refractivity contribution >= 4 is 11.8 Å². The van der Waals surface area contributed by atoms with Gasteiger partial charge in [0.1, 0.15) is 0 Å². The van der Waals surface area contributed by atoms with E-state index in [-0.39, 0.29) is 17.9 Å². The molecule has 2 aliphatic rings. The zero-order valence-electron chi connectivity index (χ0n) is 14.5. The Morgan fingerprint density at radius 1 is 1.12 bits per heavy atom. The van der Waals surface area contributed by atoms with Gasteiger partial charge in [0.25, 0.3) is 11.8 Å². The molecular formula is C19H27N3O2. The van der Waals surface area contributed by atoms with Crippen LogP contribution in [0.25, 0.3) is 0 Å². The Labute approximate surface area is 143 Å². The van der Waals surface area contributed by atoms with Crippen LogP contribution in [-0.2, 0) is 0 Å². The van der Waals surface area contributed by atoms with Gasteiger partial charge >= 0.3 is 0 Å². The van der Waals surface area contributed by atoms with E-state index in [1.807, 2.05) is 4.90 Å². The fourth-order valence-electron chi connectivity index (χ4n) is 3.88. The summed E-state index contributed by atoms with van der Waals surface area (Å²) in [5.41, 5.74) is 1.01. The van der Waals surface area contributed by atoms with Crippen molar-refractivity contribution in [3.05, 3.63) is 29.6 Å². The Morgan fingerprint density at radius 2 is 1.83 bits per heavy atom. The van der Waals surface area contributed by atoms with E-state index in [1.165, 1.54) is 19.3 Å². The van der Waals surface area contributed by atoms with E-state index in [9.17, 15) is 9.59 Å². The summed E-state index contributed by atoms with van der Waals surface area (Å²) in [5, 5.41) is 3.06. The van der Waals surface area contributed by atoms with Crippen molar-refractivity contribution in [2.75, 3.05) is 6.54 Å². The van der Waals surface area contributed by atoms with Gasteiger partial charge in [-0.2, -0.15) is 0 Å². The number of aromatic nitrogens is 1. The molecule has 2 amide bonds. The number of rotatable bonds is 4. The number of piperidine rings is 1. The Hall–Kier alpha value is -1.91. The molecule has 24 heavy (non-hydrogen) atoms. The largest absolute Gasteiger partial charge is 0.349 e. The molecule has 3 rings (SSSR count).